The second-order valence-electron chi connectivity index (χ2n) is 3.67. The average Bonchev–Trinajstić information content (AvgIpc) is 2.33. The van der Waals surface area contributed by atoms with Gasteiger partial charge in [-0.2, -0.15) is 13.2 Å². The quantitative estimate of drug-likeness (QED) is 0.681. The summed E-state index contributed by atoms with van der Waals surface area (Å²) < 4.78 is 63.8. The molecule has 1 aromatic carbocycles. The van der Waals surface area contributed by atoms with E-state index >= 15 is 0 Å². The van der Waals surface area contributed by atoms with Crippen LogP contribution in [0.3, 0.4) is 0 Å². The van der Waals surface area contributed by atoms with E-state index in [2.05, 4.69) is 10.2 Å². The average molecular weight is 307 g/mol. The van der Waals surface area contributed by atoms with E-state index in [0.29, 0.717) is 17.8 Å². The molecule has 2 rings (SSSR count). The Morgan fingerprint density at radius 3 is 2.05 bits per heavy atom. The molecule has 0 spiro atoms. The molecule has 2 aromatic rings. The summed E-state index contributed by atoms with van der Waals surface area (Å²) >= 11 is 0.522. The molecule has 0 aliphatic heterocycles. The summed E-state index contributed by atoms with van der Waals surface area (Å²) in [7, 11) is 0. The number of benzene rings is 1. The van der Waals surface area contributed by atoms with Gasteiger partial charge in [-0.1, -0.05) is 11.8 Å². The van der Waals surface area contributed by atoms with Crippen LogP contribution in [0.15, 0.2) is 34.2 Å². The van der Waals surface area contributed by atoms with E-state index in [1.54, 1.807) is 0 Å². The number of rotatable bonds is 2. The molecule has 0 bridgehead atoms. The van der Waals surface area contributed by atoms with Crippen molar-refractivity contribution < 1.29 is 22.0 Å². The molecule has 0 saturated carbocycles. The van der Waals surface area contributed by atoms with Crippen LogP contribution in [0.4, 0.5) is 27.6 Å². The fraction of sp³-hybridized carbons (Fsp3) is 0.0909. The largest absolute Gasteiger partial charge is 0.435 e. The lowest BCUT2D eigenvalue weighted by Gasteiger charge is -2.07. The van der Waals surface area contributed by atoms with Gasteiger partial charge in [-0.05, 0) is 24.3 Å². The Hall–Kier alpha value is -1.90. The Morgan fingerprint density at radius 2 is 1.60 bits per heavy atom. The summed E-state index contributed by atoms with van der Waals surface area (Å²) in [5.74, 6) is -1.84. The SMILES string of the molecule is Nc1cc(F)c(Sc2ccc(C(F)(F)F)nn2)c(F)c1. The first-order chi connectivity index (χ1) is 9.27. The second-order valence-corrected chi connectivity index (χ2v) is 4.70. The highest BCUT2D eigenvalue weighted by molar-refractivity contribution is 7.99. The van der Waals surface area contributed by atoms with Crippen molar-refractivity contribution in [1.29, 1.82) is 0 Å². The van der Waals surface area contributed by atoms with Crippen LogP contribution in [0.25, 0.3) is 0 Å². The highest BCUT2D eigenvalue weighted by atomic mass is 32.2. The van der Waals surface area contributed by atoms with Crippen LogP contribution < -0.4 is 5.73 Å². The van der Waals surface area contributed by atoms with Crippen molar-refractivity contribution in [2.75, 3.05) is 5.73 Å². The predicted molar refractivity (Wildman–Crippen MR) is 61.9 cm³/mol. The maximum absolute atomic E-state index is 13.5. The Balaban J connectivity index is 2.27. The van der Waals surface area contributed by atoms with Gasteiger partial charge in [0.25, 0.3) is 0 Å². The molecule has 0 radical (unpaired) electrons. The molecule has 0 fully saturated rings. The topological polar surface area (TPSA) is 51.8 Å². The molecule has 9 heteroatoms. The van der Waals surface area contributed by atoms with E-state index in [9.17, 15) is 22.0 Å². The summed E-state index contributed by atoms with van der Waals surface area (Å²) in [5, 5.41) is 6.16. The number of halogens is 5. The molecule has 3 nitrogen and oxygen atoms in total. The monoisotopic (exact) mass is 307 g/mol. The minimum atomic E-state index is -4.62. The molecule has 0 saturated heterocycles. The lowest BCUT2D eigenvalue weighted by Crippen LogP contribution is -2.08. The van der Waals surface area contributed by atoms with Gasteiger partial charge in [0, 0.05) is 5.69 Å². The summed E-state index contributed by atoms with van der Waals surface area (Å²) in [6.45, 7) is 0. The molecule has 1 heterocycles. The van der Waals surface area contributed by atoms with Crippen LogP contribution >= 0.6 is 11.8 Å². The van der Waals surface area contributed by atoms with Gasteiger partial charge < -0.3 is 5.73 Å². The number of nitrogens with two attached hydrogens (primary N) is 1. The van der Waals surface area contributed by atoms with Crippen molar-refractivity contribution >= 4 is 17.4 Å². The number of hydrogen-bond acceptors (Lipinski definition) is 4. The lowest BCUT2D eigenvalue weighted by atomic mass is 10.3. The van der Waals surface area contributed by atoms with Crippen LogP contribution in [-0.2, 0) is 6.18 Å². The molecule has 0 aliphatic rings. The Kier molecular flexibility index (Phi) is 3.80. The molecule has 2 N–H and O–H groups in total. The van der Waals surface area contributed by atoms with E-state index in [0.717, 1.165) is 18.2 Å². The minimum Gasteiger partial charge on any atom is -0.399 e. The van der Waals surface area contributed by atoms with Gasteiger partial charge in [0.1, 0.15) is 16.7 Å². The Bertz CT molecular complexity index is 604. The molecule has 0 unspecified atom stereocenters. The third kappa shape index (κ3) is 3.16. The Labute approximate surface area is 114 Å². The van der Waals surface area contributed by atoms with E-state index in [1.165, 1.54) is 0 Å². The number of nitrogen functional groups attached to an aromatic ring is 1. The van der Waals surface area contributed by atoms with Gasteiger partial charge in [0.2, 0.25) is 0 Å². The zero-order valence-corrected chi connectivity index (χ0v) is 10.4. The van der Waals surface area contributed by atoms with Crippen LogP contribution in [0, 0.1) is 11.6 Å². The van der Waals surface area contributed by atoms with Crippen molar-refractivity contribution in [2.24, 2.45) is 0 Å². The van der Waals surface area contributed by atoms with Gasteiger partial charge in [-0.15, -0.1) is 10.2 Å². The summed E-state index contributed by atoms with van der Waals surface area (Å²) in [4.78, 5) is -0.409. The molecular weight excluding hydrogens is 301 g/mol. The first kappa shape index (κ1) is 14.5. The van der Waals surface area contributed by atoms with Gasteiger partial charge in [-0.3, -0.25) is 0 Å². The van der Waals surface area contributed by atoms with Crippen molar-refractivity contribution in [3.63, 3.8) is 0 Å². The van der Waals surface area contributed by atoms with Gasteiger partial charge >= 0.3 is 6.18 Å². The molecule has 0 aliphatic carbocycles. The molecule has 106 valence electrons. The minimum absolute atomic E-state index is 0.0689. The molecule has 0 amide bonds. The maximum Gasteiger partial charge on any atom is 0.435 e. The van der Waals surface area contributed by atoms with Gasteiger partial charge in [-0.25, -0.2) is 8.78 Å². The fourth-order valence-corrected chi connectivity index (χ4v) is 2.05. The van der Waals surface area contributed by atoms with Crippen molar-refractivity contribution in [3.05, 3.63) is 41.6 Å². The number of anilines is 1. The van der Waals surface area contributed by atoms with E-state index in [4.69, 9.17) is 5.73 Å². The highest BCUT2D eigenvalue weighted by Gasteiger charge is 2.32. The van der Waals surface area contributed by atoms with E-state index < -0.39 is 28.4 Å². The summed E-state index contributed by atoms with van der Waals surface area (Å²) in [6.07, 6.45) is -4.62. The van der Waals surface area contributed by atoms with Crippen LogP contribution in [0.2, 0.25) is 0 Å². The first-order valence-corrected chi connectivity index (χ1v) is 5.92. The second kappa shape index (κ2) is 5.23. The zero-order valence-electron chi connectivity index (χ0n) is 9.58. The van der Waals surface area contributed by atoms with Crippen molar-refractivity contribution in [3.8, 4) is 0 Å². The van der Waals surface area contributed by atoms with Crippen molar-refractivity contribution in [1.82, 2.24) is 10.2 Å². The van der Waals surface area contributed by atoms with Crippen LogP contribution in [-0.4, -0.2) is 10.2 Å². The van der Waals surface area contributed by atoms with E-state index in [1.807, 2.05) is 0 Å². The number of aromatic nitrogens is 2. The molecule has 1 aromatic heterocycles. The van der Waals surface area contributed by atoms with Crippen molar-refractivity contribution in [2.45, 2.75) is 16.1 Å². The number of alkyl halides is 3. The molecule has 0 atom stereocenters. The summed E-state index contributed by atoms with van der Waals surface area (Å²) in [6, 6.07) is 3.48. The van der Waals surface area contributed by atoms with E-state index in [-0.39, 0.29) is 10.7 Å². The Morgan fingerprint density at radius 1 is 1.00 bits per heavy atom. The van der Waals surface area contributed by atoms with Crippen LogP contribution in [0.1, 0.15) is 5.69 Å². The normalized spacial score (nSPS) is 11.7. The third-order valence-electron chi connectivity index (χ3n) is 2.16. The van der Waals surface area contributed by atoms with Gasteiger partial charge in [0.15, 0.2) is 5.69 Å². The highest BCUT2D eigenvalue weighted by Crippen LogP contribution is 2.33. The number of hydrogen-bond donors (Lipinski definition) is 1. The zero-order chi connectivity index (χ0) is 14.9. The standard InChI is InChI=1S/C11H6F5N3S/c12-6-3-5(17)4-7(13)10(6)20-9-2-1-8(18-19-9)11(14,15)16/h1-4H,17H2. The first-order valence-electron chi connectivity index (χ1n) is 5.10. The van der Waals surface area contributed by atoms with Gasteiger partial charge in [0.05, 0.1) is 4.90 Å². The molecule has 20 heavy (non-hydrogen) atoms. The lowest BCUT2D eigenvalue weighted by molar-refractivity contribution is -0.141. The maximum atomic E-state index is 13.5. The smallest absolute Gasteiger partial charge is 0.399 e. The fourth-order valence-electron chi connectivity index (χ4n) is 1.31. The predicted octanol–water partition coefficient (Wildman–Crippen LogP) is 3.51. The molecular formula is C11H6F5N3S. The summed E-state index contributed by atoms with van der Waals surface area (Å²) in [5.41, 5.74) is 3.97. The number of nitrogens with zero attached hydrogens (tertiary/aromatic N) is 2. The van der Waals surface area contributed by atoms with Crippen LogP contribution in [0.5, 0.6) is 0 Å². The third-order valence-corrected chi connectivity index (χ3v) is 3.18.